The summed E-state index contributed by atoms with van der Waals surface area (Å²) in [5.41, 5.74) is 3.43. The minimum atomic E-state index is -4.17. The Morgan fingerprint density at radius 3 is 2.61 bits per heavy atom. The molecule has 1 heterocycles. The highest BCUT2D eigenvalue weighted by Gasteiger charge is 2.37. The zero-order valence-electron chi connectivity index (χ0n) is 21.6. The first-order valence-corrected chi connectivity index (χ1v) is 14.7. The number of halogens is 2. The van der Waals surface area contributed by atoms with Gasteiger partial charge in [0.1, 0.15) is 6.04 Å². The van der Waals surface area contributed by atoms with Gasteiger partial charge in [0.25, 0.3) is 10.0 Å². The Kier molecular flexibility index (Phi) is 8.42. The van der Waals surface area contributed by atoms with Crippen molar-refractivity contribution in [2.24, 2.45) is 0 Å². The van der Waals surface area contributed by atoms with Gasteiger partial charge in [-0.25, -0.2) is 8.42 Å². The Morgan fingerprint density at radius 2 is 1.89 bits per heavy atom. The van der Waals surface area contributed by atoms with Crippen LogP contribution in [0.1, 0.15) is 62.8 Å². The van der Waals surface area contributed by atoms with Crippen LogP contribution in [0.5, 0.6) is 0 Å². The molecule has 2 aliphatic rings. The smallest absolute Gasteiger partial charge is 0.264 e. The Bertz CT molecular complexity index is 1370. The Labute approximate surface area is 233 Å². The summed E-state index contributed by atoms with van der Waals surface area (Å²) in [5.74, 6) is -1.00. The molecule has 38 heavy (non-hydrogen) atoms. The van der Waals surface area contributed by atoms with Gasteiger partial charge in [0.2, 0.25) is 11.8 Å². The molecule has 2 aromatic rings. The molecule has 1 aliphatic carbocycles. The van der Waals surface area contributed by atoms with E-state index < -0.39 is 27.9 Å². The van der Waals surface area contributed by atoms with E-state index in [0.29, 0.717) is 0 Å². The molecule has 2 atom stereocenters. The summed E-state index contributed by atoms with van der Waals surface area (Å²) in [6, 6.07) is 8.73. The number of fused-ring (bicyclic) bond motifs is 1. The lowest BCUT2D eigenvalue weighted by atomic mass is 9.86. The number of aryl methyl sites for hydroxylation is 1. The molecule has 4 rings (SSSR count). The predicted octanol–water partition coefficient (Wildman–Crippen LogP) is 4.43. The van der Waals surface area contributed by atoms with Gasteiger partial charge in [-0.05, 0) is 74.9 Å². The van der Waals surface area contributed by atoms with E-state index in [4.69, 9.17) is 23.2 Å². The molecule has 0 saturated carbocycles. The van der Waals surface area contributed by atoms with Gasteiger partial charge in [-0.2, -0.15) is 0 Å². The standard InChI is InChI=1S/C27H32Cl2N4O4S/c1-27(2,3)31-16-17-7-9-20-18(13-17)5-4-6-23(20)32-25(34)15-24-26(35)30-11-12-33(24)38(36,37)19-8-10-21(28)22(29)14-19/h7-14,23-24,31H,4-6,15-16H2,1-3H3,(H,30,35)(H,32,34)/t23-,24-/m1/s1. The maximum absolute atomic E-state index is 13.3. The molecule has 2 aromatic carbocycles. The molecular weight excluding hydrogens is 547 g/mol. The van der Waals surface area contributed by atoms with E-state index in [1.54, 1.807) is 0 Å². The zero-order valence-corrected chi connectivity index (χ0v) is 23.9. The van der Waals surface area contributed by atoms with E-state index in [2.05, 4.69) is 54.9 Å². The summed E-state index contributed by atoms with van der Waals surface area (Å²) in [4.78, 5) is 25.7. The van der Waals surface area contributed by atoms with E-state index in [1.807, 2.05) is 0 Å². The molecular formula is C27H32Cl2N4O4S. The number of carbonyl (C=O) groups excluding carboxylic acids is 2. The lowest BCUT2D eigenvalue weighted by molar-refractivity contribution is -0.129. The molecule has 0 fully saturated rings. The number of sulfonamides is 1. The number of nitrogens with zero attached hydrogens (tertiary/aromatic N) is 1. The summed E-state index contributed by atoms with van der Waals surface area (Å²) < 4.78 is 27.6. The highest BCUT2D eigenvalue weighted by Crippen LogP contribution is 2.32. The summed E-state index contributed by atoms with van der Waals surface area (Å²) in [7, 11) is -4.17. The fraction of sp³-hybridized carbons (Fsp3) is 0.407. The number of benzene rings is 2. The predicted molar refractivity (Wildman–Crippen MR) is 148 cm³/mol. The van der Waals surface area contributed by atoms with Gasteiger partial charge in [-0.1, -0.05) is 41.4 Å². The molecule has 0 unspecified atom stereocenters. The molecule has 8 nitrogen and oxygen atoms in total. The second-order valence-corrected chi connectivity index (χ2v) is 13.3. The number of hydrogen-bond donors (Lipinski definition) is 3. The van der Waals surface area contributed by atoms with Crippen LogP contribution in [0, 0.1) is 0 Å². The fourth-order valence-electron chi connectivity index (χ4n) is 4.62. The van der Waals surface area contributed by atoms with E-state index in [-0.39, 0.29) is 32.9 Å². The zero-order chi connectivity index (χ0) is 27.7. The van der Waals surface area contributed by atoms with Crippen LogP contribution >= 0.6 is 23.2 Å². The largest absolute Gasteiger partial charge is 0.349 e. The van der Waals surface area contributed by atoms with Crippen molar-refractivity contribution in [2.75, 3.05) is 0 Å². The molecule has 0 radical (unpaired) electrons. The number of rotatable bonds is 7. The third kappa shape index (κ3) is 6.51. The van der Waals surface area contributed by atoms with Crippen LogP contribution in [0.25, 0.3) is 0 Å². The Hall–Kier alpha value is -2.59. The molecule has 1 aliphatic heterocycles. The number of hydrogen-bond acceptors (Lipinski definition) is 5. The Morgan fingerprint density at radius 1 is 1.13 bits per heavy atom. The second kappa shape index (κ2) is 11.3. The topological polar surface area (TPSA) is 108 Å². The van der Waals surface area contributed by atoms with Crippen molar-refractivity contribution in [3.8, 4) is 0 Å². The maximum atomic E-state index is 13.3. The van der Waals surface area contributed by atoms with E-state index in [0.717, 1.165) is 35.7 Å². The van der Waals surface area contributed by atoms with Crippen LogP contribution in [0.3, 0.4) is 0 Å². The van der Waals surface area contributed by atoms with Crippen LogP contribution < -0.4 is 16.0 Å². The molecule has 3 N–H and O–H groups in total. The van der Waals surface area contributed by atoms with E-state index >= 15 is 0 Å². The summed E-state index contributed by atoms with van der Waals surface area (Å²) >= 11 is 12.0. The normalized spacial score (nSPS) is 19.6. The van der Waals surface area contributed by atoms with Gasteiger partial charge in [0, 0.05) is 24.5 Å². The SMILES string of the molecule is CC(C)(C)NCc1ccc2c(c1)CCC[C@H]2NC(=O)C[C@@H]1C(=O)NC=CN1S(=O)(=O)c1ccc(Cl)c(Cl)c1. The summed E-state index contributed by atoms with van der Waals surface area (Å²) in [6.45, 7) is 7.12. The van der Waals surface area contributed by atoms with Gasteiger partial charge >= 0.3 is 0 Å². The van der Waals surface area contributed by atoms with Gasteiger partial charge in [-0.3, -0.25) is 13.9 Å². The number of carbonyl (C=O) groups is 2. The fourth-order valence-corrected chi connectivity index (χ4v) is 6.46. The van der Waals surface area contributed by atoms with Crippen molar-refractivity contribution < 1.29 is 18.0 Å². The number of amides is 2. The third-order valence-electron chi connectivity index (χ3n) is 6.58. The van der Waals surface area contributed by atoms with Gasteiger partial charge in [-0.15, -0.1) is 0 Å². The van der Waals surface area contributed by atoms with Crippen LogP contribution in [0.4, 0.5) is 0 Å². The molecule has 204 valence electrons. The summed E-state index contributed by atoms with van der Waals surface area (Å²) in [6.07, 6.45) is 4.74. The van der Waals surface area contributed by atoms with Crippen molar-refractivity contribution >= 4 is 45.0 Å². The molecule has 0 saturated heterocycles. The van der Waals surface area contributed by atoms with Crippen molar-refractivity contribution in [3.05, 3.63) is 75.5 Å². The Balaban J connectivity index is 1.49. The lowest BCUT2D eigenvalue weighted by Crippen LogP contribution is -2.51. The average Bonchev–Trinajstić information content (AvgIpc) is 2.85. The van der Waals surface area contributed by atoms with Crippen LogP contribution in [-0.4, -0.2) is 36.1 Å². The lowest BCUT2D eigenvalue weighted by Gasteiger charge is -2.32. The van der Waals surface area contributed by atoms with E-state index in [1.165, 1.54) is 41.7 Å². The van der Waals surface area contributed by atoms with Crippen molar-refractivity contribution in [1.82, 2.24) is 20.3 Å². The molecule has 0 aromatic heterocycles. The highest BCUT2D eigenvalue weighted by molar-refractivity contribution is 7.89. The van der Waals surface area contributed by atoms with Crippen molar-refractivity contribution in [2.45, 2.75) is 75.5 Å². The first-order valence-electron chi connectivity index (χ1n) is 12.5. The first-order chi connectivity index (χ1) is 17.8. The highest BCUT2D eigenvalue weighted by atomic mass is 35.5. The van der Waals surface area contributed by atoms with Crippen LogP contribution in [0.2, 0.25) is 10.0 Å². The minimum absolute atomic E-state index is 0.00813. The van der Waals surface area contributed by atoms with Crippen LogP contribution in [0.15, 0.2) is 53.7 Å². The van der Waals surface area contributed by atoms with E-state index in [9.17, 15) is 18.0 Å². The minimum Gasteiger partial charge on any atom is -0.349 e. The maximum Gasteiger partial charge on any atom is 0.264 e. The molecule has 11 heteroatoms. The van der Waals surface area contributed by atoms with Gasteiger partial charge < -0.3 is 16.0 Å². The summed E-state index contributed by atoms with van der Waals surface area (Å²) in [5, 5.41) is 9.30. The third-order valence-corrected chi connectivity index (χ3v) is 9.10. The van der Waals surface area contributed by atoms with Crippen LogP contribution in [-0.2, 0) is 32.6 Å². The number of nitrogens with one attached hydrogen (secondary N) is 3. The monoisotopic (exact) mass is 578 g/mol. The molecule has 0 bridgehead atoms. The molecule has 0 spiro atoms. The van der Waals surface area contributed by atoms with Crippen molar-refractivity contribution in [3.63, 3.8) is 0 Å². The second-order valence-electron chi connectivity index (χ2n) is 10.6. The van der Waals surface area contributed by atoms with Gasteiger partial charge in [0.15, 0.2) is 0 Å². The molecule has 2 amide bonds. The van der Waals surface area contributed by atoms with Crippen molar-refractivity contribution in [1.29, 1.82) is 0 Å². The van der Waals surface area contributed by atoms with Gasteiger partial charge in [0.05, 0.1) is 27.4 Å². The average molecular weight is 580 g/mol. The quantitative estimate of drug-likeness (QED) is 0.450. The first kappa shape index (κ1) is 28.4.